The highest BCUT2D eigenvalue weighted by atomic mass is 32.2. The van der Waals surface area contributed by atoms with Gasteiger partial charge in [0, 0.05) is 12.2 Å². The molecule has 0 aliphatic carbocycles. The van der Waals surface area contributed by atoms with Crippen molar-refractivity contribution < 1.29 is 18.4 Å². The van der Waals surface area contributed by atoms with Crippen molar-refractivity contribution in [3.63, 3.8) is 0 Å². The number of amides is 2. The van der Waals surface area contributed by atoms with E-state index in [-0.39, 0.29) is 29.6 Å². The molecule has 3 rings (SSSR count). The van der Waals surface area contributed by atoms with Gasteiger partial charge < -0.3 is 15.2 Å². The van der Waals surface area contributed by atoms with Crippen LogP contribution in [-0.2, 0) is 17.9 Å². The quantitative estimate of drug-likeness (QED) is 0.535. The zero-order valence-corrected chi connectivity index (χ0v) is 16.9. The summed E-state index contributed by atoms with van der Waals surface area (Å²) in [4.78, 5) is 24.3. The molecule has 10 heteroatoms. The Kier molecular flexibility index (Phi) is 7.12. The van der Waals surface area contributed by atoms with Crippen molar-refractivity contribution in [1.82, 2.24) is 20.1 Å². The number of thioether (sulfide) groups is 1. The minimum absolute atomic E-state index is 0.0490. The van der Waals surface area contributed by atoms with Gasteiger partial charge in [0.25, 0.3) is 5.91 Å². The van der Waals surface area contributed by atoms with Gasteiger partial charge in [-0.15, -0.1) is 10.2 Å². The number of halogens is 2. The summed E-state index contributed by atoms with van der Waals surface area (Å²) in [5, 5.41) is 13.9. The van der Waals surface area contributed by atoms with Crippen LogP contribution in [0, 0.1) is 11.6 Å². The van der Waals surface area contributed by atoms with E-state index in [0.717, 1.165) is 0 Å². The first kappa shape index (κ1) is 21.4. The van der Waals surface area contributed by atoms with Gasteiger partial charge in [-0.2, -0.15) is 0 Å². The second-order valence-corrected chi connectivity index (χ2v) is 7.09. The Labute approximate surface area is 175 Å². The van der Waals surface area contributed by atoms with E-state index in [1.807, 2.05) is 6.92 Å². The summed E-state index contributed by atoms with van der Waals surface area (Å²) < 4.78 is 28.4. The predicted molar refractivity (Wildman–Crippen MR) is 109 cm³/mol. The summed E-state index contributed by atoms with van der Waals surface area (Å²) in [6.45, 7) is 2.48. The maximum absolute atomic E-state index is 13.7. The van der Waals surface area contributed by atoms with Gasteiger partial charge in [0.15, 0.2) is 11.0 Å². The predicted octanol–water partition coefficient (Wildman–Crippen LogP) is 3.24. The van der Waals surface area contributed by atoms with E-state index in [0.29, 0.717) is 23.2 Å². The Balaban J connectivity index is 1.57. The number of nitrogens with zero attached hydrogens (tertiary/aromatic N) is 3. The molecule has 7 nitrogen and oxygen atoms in total. The smallest absolute Gasteiger partial charge is 0.254 e. The number of hydrogen-bond donors (Lipinski definition) is 2. The van der Waals surface area contributed by atoms with E-state index in [2.05, 4.69) is 20.8 Å². The molecule has 0 aliphatic heterocycles. The van der Waals surface area contributed by atoms with Crippen molar-refractivity contribution in [2.45, 2.75) is 25.2 Å². The fourth-order valence-electron chi connectivity index (χ4n) is 2.63. The molecule has 0 unspecified atom stereocenters. The van der Waals surface area contributed by atoms with Crippen LogP contribution in [0.5, 0.6) is 0 Å². The van der Waals surface area contributed by atoms with Crippen molar-refractivity contribution in [3.8, 4) is 0 Å². The third-order valence-electron chi connectivity index (χ3n) is 4.10. The molecule has 0 saturated heterocycles. The van der Waals surface area contributed by atoms with Crippen molar-refractivity contribution in [3.05, 3.63) is 71.6 Å². The average Bonchev–Trinajstić information content (AvgIpc) is 3.14. The first-order chi connectivity index (χ1) is 14.5. The van der Waals surface area contributed by atoms with E-state index < -0.39 is 11.7 Å². The van der Waals surface area contributed by atoms with Gasteiger partial charge in [-0.05, 0) is 43.3 Å². The summed E-state index contributed by atoms with van der Waals surface area (Å²) in [6, 6.07) is 11.2. The molecule has 2 aromatic carbocycles. The summed E-state index contributed by atoms with van der Waals surface area (Å²) in [5.74, 6) is -1.23. The number of carbonyl (C=O) groups is 2. The molecule has 0 spiro atoms. The molecular weight excluding hydrogens is 412 g/mol. The summed E-state index contributed by atoms with van der Waals surface area (Å²) in [6.07, 6.45) is 0. The van der Waals surface area contributed by atoms with Crippen LogP contribution in [0.15, 0.2) is 53.7 Å². The maximum Gasteiger partial charge on any atom is 0.254 e. The number of hydrogen-bond acceptors (Lipinski definition) is 5. The third kappa shape index (κ3) is 5.41. The van der Waals surface area contributed by atoms with E-state index in [4.69, 9.17) is 0 Å². The van der Waals surface area contributed by atoms with Crippen LogP contribution in [0.1, 0.15) is 23.1 Å². The lowest BCUT2D eigenvalue weighted by Gasteiger charge is -2.09. The molecule has 0 bridgehead atoms. The zero-order chi connectivity index (χ0) is 21.5. The number of benzene rings is 2. The van der Waals surface area contributed by atoms with Gasteiger partial charge in [0.05, 0.1) is 17.9 Å². The molecular formula is C20H19F2N5O2S. The monoisotopic (exact) mass is 431 g/mol. The molecule has 30 heavy (non-hydrogen) atoms. The van der Waals surface area contributed by atoms with Crippen molar-refractivity contribution in [2.24, 2.45) is 0 Å². The second-order valence-electron chi connectivity index (χ2n) is 6.15. The Hall–Kier alpha value is -3.27. The minimum atomic E-state index is -0.602. The van der Waals surface area contributed by atoms with Crippen LogP contribution >= 0.6 is 11.8 Å². The Morgan fingerprint density at radius 2 is 1.80 bits per heavy atom. The number of carbonyl (C=O) groups excluding carboxylic acids is 2. The summed E-state index contributed by atoms with van der Waals surface area (Å²) >= 11 is 1.19. The molecule has 0 aliphatic rings. The molecule has 156 valence electrons. The number of anilines is 1. The van der Waals surface area contributed by atoms with Crippen LogP contribution < -0.4 is 10.6 Å². The van der Waals surface area contributed by atoms with Crippen LogP contribution in [0.2, 0.25) is 0 Å². The number of rotatable bonds is 8. The van der Waals surface area contributed by atoms with Crippen LogP contribution in [0.3, 0.4) is 0 Å². The molecule has 1 heterocycles. The van der Waals surface area contributed by atoms with Crippen molar-refractivity contribution in [2.75, 3.05) is 11.1 Å². The molecule has 0 radical (unpaired) electrons. The Morgan fingerprint density at radius 3 is 2.50 bits per heavy atom. The zero-order valence-electron chi connectivity index (χ0n) is 16.1. The first-order valence-corrected chi connectivity index (χ1v) is 10.1. The lowest BCUT2D eigenvalue weighted by atomic mass is 10.2. The highest BCUT2D eigenvalue weighted by Crippen LogP contribution is 2.18. The molecule has 2 amide bonds. The SMILES string of the molecule is CCn1c(CNC(=O)c2ccccc2F)nnc1SCC(=O)Nc1ccc(F)cc1. The molecule has 1 aromatic heterocycles. The highest BCUT2D eigenvalue weighted by Gasteiger charge is 2.16. The molecule has 3 aromatic rings. The van der Waals surface area contributed by atoms with Crippen LogP contribution in [0.25, 0.3) is 0 Å². The van der Waals surface area contributed by atoms with E-state index >= 15 is 0 Å². The highest BCUT2D eigenvalue weighted by molar-refractivity contribution is 7.99. The van der Waals surface area contributed by atoms with E-state index in [9.17, 15) is 18.4 Å². The van der Waals surface area contributed by atoms with Gasteiger partial charge in [-0.1, -0.05) is 23.9 Å². The standard InChI is InChI=1S/C20H19F2N5O2S/c1-2-27-17(11-23-19(29)15-5-3-4-6-16(15)22)25-26-20(27)30-12-18(28)24-14-9-7-13(21)8-10-14/h3-10H,2,11-12H2,1H3,(H,23,29)(H,24,28). The molecule has 0 atom stereocenters. The Bertz CT molecular complexity index is 1040. The van der Waals surface area contributed by atoms with E-state index in [1.54, 1.807) is 10.6 Å². The topological polar surface area (TPSA) is 88.9 Å². The van der Waals surface area contributed by atoms with Gasteiger partial charge in [0.1, 0.15) is 11.6 Å². The lowest BCUT2D eigenvalue weighted by Crippen LogP contribution is -2.25. The van der Waals surface area contributed by atoms with Crippen LogP contribution in [0.4, 0.5) is 14.5 Å². The average molecular weight is 431 g/mol. The van der Waals surface area contributed by atoms with Gasteiger partial charge in [-0.25, -0.2) is 8.78 Å². The maximum atomic E-state index is 13.7. The second kappa shape index (κ2) is 9.97. The number of nitrogens with one attached hydrogen (secondary N) is 2. The first-order valence-electron chi connectivity index (χ1n) is 9.11. The normalized spacial score (nSPS) is 10.6. The van der Waals surface area contributed by atoms with Gasteiger partial charge >= 0.3 is 0 Å². The lowest BCUT2D eigenvalue weighted by molar-refractivity contribution is -0.113. The van der Waals surface area contributed by atoms with Crippen molar-refractivity contribution >= 4 is 29.3 Å². The third-order valence-corrected chi connectivity index (χ3v) is 5.06. The summed E-state index contributed by atoms with van der Waals surface area (Å²) in [5.41, 5.74) is 0.447. The fraction of sp³-hybridized carbons (Fsp3) is 0.200. The minimum Gasteiger partial charge on any atom is -0.345 e. The molecule has 2 N–H and O–H groups in total. The van der Waals surface area contributed by atoms with Crippen LogP contribution in [-0.4, -0.2) is 32.3 Å². The Morgan fingerprint density at radius 1 is 1.07 bits per heavy atom. The largest absolute Gasteiger partial charge is 0.345 e. The van der Waals surface area contributed by atoms with E-state index in [1.165, 1.54) is 54.2 Å². The van der Waals surface area contributed by atoms with Gasteiger partial charge in [-0.3, -0.25) is 9.59 Å². The van der Waals surface area contributed by atoms with Gasteiger partial charge in [0.2, 0.25) is 5.91 Å². The molecule has 0 saturated carbocycles. The number of aromatic nitrogens is 3. The molecule has 0 fully saturated rings. The summed E-state index contributed by atoms with van der Waals surface area (Å²) in [7, 11) is 0. The van der Waals surface area contributed by atoms with Crippen molar-refractivity contribution in [1.29, 1.82) is 0 Å². The fourth-order valence-corrected chi connectivity index (χ4v) is 3.46.